The van der Waals surface area contributed by atoms with Gasteiger partial charge in [-0.05, 0) is 46.6 Å². The molecule has 0 aliphatic carbocycles. The number of nitrogens with zero attached hydrogens (tertiary/aromatic N) is 3. The Morgan fingerprint density at radius 2 is 2.21 bits per heavy atom. The molecule has 0 spiro atoms. The van der Waals surface area contributed by atoms with Gasteiger partial charge >= 0.3 is 5.97 Å². The molecule has 154 valence electrons. The number of anilines is 1. The molecule has 0 aromatic carbocycles. The monoisotopic (exact) mass is 397 g/mol. The summed E-state index contributed by atoms with van der Waals surface area (Å²) in [5, 5.41) is 13.6. The lowest BCUT2D eigenvalue weighted by molar-refractivity contribution is -0.141. The number of aromatic amines is 1. The third kappa shape index (κ3) is 4.04. The Bertz CT molecular complexity index is 959. The fourth-order valence-corrected chi connectivity index (χ4v) is 3.65. The molecule has 1 aliphatic rings. The van der Waals surface area contributed by atoms with Crippen LogP contribution in [0.5, 0.6) is 0 Å². The highest BCUT2D eigenvalue weighted by molar-refractivity contribution is 6.04. The molecule has 2 aromatic rings. The minimum absolute atomic E-state index is 0.0571. The summed E-state index contributed by atoms with van der Waals surface area (Å²) in [5.74, 6) is -0.612. The number of carbonyl (C=O) groups is 2. The van der Waals surface area contributed by atoms with Crippen molar-refractivity contribution in [2.75, 3.05) is 18.5 Å². The van der Waals surface area contributed by atoms with Crippen LogP contribution in [-0.2, 0) is 9.53 Å². The van der Waals surface area contributed by atoms with Crippen LogP contribution in [0.15, 0.2) is 18.5 Å². The molecule has 2 aromatic heterocycles. The predicted octanol–water partition coefficient (Wildman–Crippen LogP) is 3.08. The van der Waals surface area contributed by atoms with Crippen LogP contribution in [0.2, 0.25) is 0 Å². The van der Waals surface area contributed by atoms with Gasteiger partial charge in [0.15, 0.2) is 0 Å². The summed E-state index contributed by atoms with van der Waals surface area (Å²) in [7, 11) is 0. The fraction of sp³-hybridized carbons (Fsp3) is 0.524. The number of H-pyrrole nitrogens is 1. The van der Waals surface area contributed by atoms with Crippen molar-refractivity contribution in [1.82, 2.24) is 14.9 Å². The van der Waals surface area contributed by atoms with Crippen LogP contribution in [0.3, 0.4) is 0 Å². The highest BCUT2D eigenvalue weighted by Crippen LogP contribution is 2.30. The lowest BCUT2D eigenvalue weighted by Crippen LogP contribution is -2.53. The van der Waals surface area contributed by atoms with E-state index in [2.05, 4.69) is 21.4 Å². The number of rotatable bonds is 5. The summed E-state index contributed by atoms with van der Waals surface area (Å²) in [5.41, 5.74) is 0.619. The van der Waals surface area contributed by atoms with Crippen molar-refractivity contribution in [3.05, 3.63) is 24.0 Å². The molecule has 0 saturated carbocycles. The number of piperidine rings is 1. The van der Waals surface area contributed by atoms with Crippen molar-refractivity contribution in [3.8, 4) is 6.07 Å². The molecule has 1 amide bonds. The van der Waals surface area contributed by atoms with Crippen LogP contribution in [0.4, 0.5) is 5.69 Å². The first-order valence-electron chi connectivity index (χ1n) is 9.90. The number of hydrogen-bond donors (Lipinski definition) is 2. The Kier molecular flexibility index (Phi) is 5.78. The van der Waals surface area contributed by atoms with Gasteiger partial charge in [-0.2, -0.15) is 5.26 Å². The van der Waals surface area contributed by atoms with Crippen LogP contribution in [0.25, 0.3) is 11.0 Å². The lowest BCUT2D eigenvalue weighted by atomic mass is 9.90. The van der Waals surface area contributed by atoms with E-state index in [4.69, 9.17) is 4.74 Å². The van der Waals surface area contributed by atoms with Gasteiger partial charge in [0.25, 0.3) is 0 Å². The zero-order valence-electron chi connectivity index (χ0n) is 17.3. The second-order valence-corrected chi connectivity index (χ2v) is 7.97. The number of fused-ring (bicyclic) bond motifs is 1. The molecule has 29 heavy (non-hydrogen) atoms. The molecule has 1 fully saturated rings. The number of aromatic nitrogens is 2. The molecular formula is C21H27N5O3. The van der Waals surface area contributed by atoms with Crippen molar-refractivity contribution in [1.29, 1.82) is 5.26 Å². The Labute approximate surface area is 170 Å². The summed E-state index contributed by atoms with van der Waals surface area (Å²) in [6.45, 7) is 7.78. The second kappa shape index (κ2) is 8.11. The molecule has 3 rings (SSSR count). The maximum absolute atomic E-state index is 12.9. The predicted molar refractivity (Wildman–Crippen MR) is 109 cm³/mol. The molecule has 2 atom stereocenters. The molecule has 2 unspecified atom stereocenters. The third-order valence-corrected chi connectivity index (χ3v) is 5.39. The number of pyridine rings is 1. The number of hydrogen-bond acceptors (Lipinski definition) is 6. The lowest BCUT2D eigenvalue weighted by Gasteiger charge is -2.41. The zero-order chi connectivity index (χ0) is 21.2. The molecule has 8 nitrogen and oxygen atoms in total. The van der Waals surface area contributed by atoms with Crippen molar-refractivity contribution in [3.63, 3.8) is 0 Å². The summed E-state index contributed by atoms with van der Waals surface area (Å²) < 4.78 is 5.19. The fourth-order valence-electron chi connectivity index (χ4n) is 3.65. The average molecular weight is 397 g/mol. The molecular weight excluding hydrogens is 370 g/mol. The first-order valence-corrected chi connectivity index (χ1v) is 9.90. The van der Waals surface area contributed by atoms with Crippen molar-refractivity contribution in [2.24, 2.45) is 5.41 Å². The Balaban J connectivity index is 1.89. The van der Waals surface area contributed by atoms with Gasteiger partial charge < -0.3 is 19.9 Å². The molecule has 8 heteroatoms. The highest BCUT2D eigenvalue weighted by atomic mass is 16.5. The zero-order valence-corrected chi connectivity index (χ0v) is 17.3. The number of nitriles is 1. The van der Waals surface area contributed by atoms with E-state index in [9.17, 15) is 14.9 Å². The molecule has 1 aliphatic heterocycles. The number of esters is 1. The second-order valence-electron chi connectivity index (χ2n) is 7.97. The van der Waals surface area contributed by atoms with Gasteiger partial charge in [-0.3, -0.25) is 4.79 Å². The number of likely N-dealkylation sites (tertiary alicyclic amines) is 1. The summed E-state index contributed by atoms with van der Waals surface area (Å²) in [6.07, 6.45) is 4.92. The summed E-state index contributed by atoms with van der Waals surface area (Å²) in [6, 6.07) is 3.96. The van der Waals surface area contributed by atoms with E-state index in [0.29, 0.717) is 23.4 Å². The van der Waals surface area contributed by atoms with E-state index in [0.717, 1.165) is 18.2 Å². The normalized spacial score (nSPS) is 19.6. The maximum Gasteiger partial charge on any atom is 0.341 e. The number of carbonyl (C=O) groups excluding carboxylic acids is 2. The SMILES string of the molecule is CCOC(=O)c1cnc2[nH]ccc2c1NC1CCC(C)N(C(=O)C(C)(C)C#N)C1. The molecule has 3 heterocycles. The van der Waals surface area contributed by atoms with Crippen LogP contribution in [0.1, 0.15) is 50.9 Å². The Morgan fingerprint density at radius 3 is 2.90 bits per heavy atom. The van der Waals surface area contributed by atoms with Crippen molar-refractivity contribution >= 4 is 28.6 Å². The minimum Gasteiger partial charge on any atom is -0.462 e. The average Bonchev–Trinajstić information content (AvgIpc) is 3.18. The van der Waals surface area contributed by atoms with E-state index >= 15 is 0 Å². The van der Waals surface area contributed by atoms with Crippen LogP contribution < -0.4 is 5.32 Å². The van der Waals surface area contributed by atoms with Crippen molar-refractivity contribution in [2.45, 2.75) is 52.6 Å². The molecule has 0 radical (unpaired) electrons. The van der Waals surface area contributed by atoms with Gasteiger partial charge in [-0.1, -0.05) is 0 Å². The Hall–Kier alpha value is -3.08. The number of amides is 1. The van der Waals surface area contributed by atoms with E-state index < -0.39 is 11.4 Å². The largest absolute Gasteiger partial charge is 0.462 e. The molecule has 2 N–H and O–H groups in total. The number of nitrogens with one attached hydrogen (secondary N) is 2. The molecule has 1 saturated heterocycles. The Morgan fingerprint density at radius 1 is 1.45 bits per heavy atom. The quantitative estimate of drug-likeness (QED) is 0.750. The molecule has 0 bridgehead atoms. The van der Waals surface area contributed by atoms with Gasteiger partial charge in [0.05, 0.1) is 18.4 Å². The first-order chi connectivity index (χ1) is 13.8. The van der Waals surface area contributed by atoms with Crippen LogP contribution >= 0.6 is 0 Å². The van der Waals surface area contributed by atoms with Crippen LogP contribution in [-0.4, -0.2) is 52.0 Å². The van der Waals surface area contributed by atoms with Gasteiger partial charge in [0, 0.05) is 36.4 Å². The van der Waals surface area contributed by atoms with Gasteiger partial charge in [-0.25, -0.2) is 9.78 Å². The maximum atomic E-state index is 12.9. The van der Waals surface area contributed by atoms with Gasteiger partial charge in [-0.15, -0.1) is 0 Å². The topological polar surface area (TPSA) is 111 Å². The van der Waals surface area contributed by atoms with Gasteiger partial charge in [0.2, 0.25) is 5.91 Å². The van der Waals surface area contributed by atoms with Gasteiger partial charge in [0.1, 0.15) is 16.6 Å². The third-order valence-electron chi connectivity index (χ3n) is 5.39. The number of ether oxygens (including phenoxy) is 1. The summed E-state index contributed by atoms with van der Waals surface area (Å²) in [4.78, 5) is 34.5. The smallest absolute Gasteiger partial charge is 0.341 e. The van der Waals surface area contributed by atoms with E-state index in [1.165, 1.54) is 6.20 Å². The first kappa shape index (κ1) is 20.6. The van der Waals surface area contributed by atoms with E-state index in [-0.39, 0.29) is 24.6 Å². The van der Waals surface area contributed by atoms with E-state index in [1.807, 2.05) is 13.0 Å². The standard InChI is InChI=1S/C21H27N5O3/c1-5-29-19(27)16-10-24-18-15(8-9-23-18)17(16)25-14-7-6-13(2)26(11-14)20(28)21(3,4)12-22/h8-10,13-14H,5-7,11H2,1-4H3,(H2,23,24,25). The van der Waals surface area contributed by atoms with Crippen LogP contribution in [0, 0.1) is 16.7 Å². The summed E-state index contributed by atoms with van der Waals surface area (Å²) >= 11 is 0. The van der Waals surface area contributed by atoms with Crippen molar-refractivity contribution < 1.29 is 14.3 Å². The minimum atomic E-state index is -1.07. The highest BCUT2D eigenvalue weighted by Gasteiger charge is 2.38. The van der Waals surface area contributed by atoms with E-state index in [1.54, 1.807) is 31.9 Å².